The third-order valence-electron chi connectivity index (χ3n) is 2.88. The zero-order valence-electron chi connectivity index (χ0n) is 12.0. The molecule has 23 heavy (non-hydrogen) atoms. The summed E-state index contributed by atoms with van der Waals surface area (Å²) < 4.78 is 39.4. The second kappa shape index (κ2) is 6.55. The number of pyridine rings is 1. The van der Waals surface area contributed by atoms with Gasteiger partial charge < -0.3 is 15.6 Å². The molecule has 0 aliphatic heterocycles. The van der Waals surface area contributed by atoms with Crippen LogP contribution < -0.4 is 16.2 Å². The van der Waals surface area contributed by atoms with Crippen molar-refractivity contribution in [3.63, 3.8) is 0 Å². The van der Waals surface area contributed by atoms with Crippen LogP contribution in [0.4, 0.5) is 23.7 Å². The highest BCUT2D eigenvalue weighted by molar-refractivity contribution is 5.89. The zero-order chi connectivity index (χ0) is 17.0. The van der Waals surface area contributed by atoms with Crippen molar-refractivity contribution in [3.05, 3.63) is 46.6 Å². The van der Waals surface area contributed by atoms with Crippen molar-refractivity contribution in [1.82, 2.24) is 20.1 Å². The highest BCUT2D eigenvalue weighted by Crippen LogP contribution is 2.29. The molecule has 0 bridgehead atoms. The van der Waals surface area contributed by atoms with Gasteiger partial charge in [-0.05, 0) is 19.1 Å². The molecule has 0 aromatic carbocycles. The Bertz CT molecular complexity index is 724. The van der Waals surface area contributed by atoms with E-state index in [9.17, 15) is 22.8 Å². The van der Waals surface area contributed by atoms with Crippen molar-refractivity contribution in [2.75, 3.05) is 5.32 Å². The second-order valence-corrected chi connectivity index (χ2v) is 4.86. The molecule has 7 nitrogen and oxygen atoms in total. The highest BCUT2D eigenvalue weighted by atomic mass is 19.4. The van der Waals surface area contributed by atoms with Gasteiger partial charge in [0, 0.05) is 24.6 Å². The Hall–Kier alpha value is -2.78. The fourth-order valence-electron chi connectivity index (χ4n) is 1.86. The first-order chi connectivity index (χ1) is 10.8. The Kier molecular flexibility index (Phi) is 4.72. The van der Waals surface area contributed by atoms with Crippen molar-refractivity contribution < 1.29 is 18.0 Å². The number of aromatic amines is 1. The van der Waals surface area contributed by atoms with Gasteiger partial charge in [-0.3, -0.25) is 9.48 Å². The van der Waals surface area contributed by atoms with Crippen LogP contribution >= 0.6 is 0 Å². The average Bonchev–Trinajstić information content (AvgIpc) is 2.92. The van der Waals surface area contributed by atoms with Crippen molar-refractivity contribution in [3.8, 4) is 0 Å². The molecule has 1 atom stereocenters. The van der Waals surface area contributed by atoms with Gasteiger partial charge in [-0.2, -0.15) is 18.3 Å². The van der Waals surface area contributed by atoms with Gasteiger partial charge in [-0.1, -0.05) is 0 Å². The number of aromatic nitrogens is 3. The second-order valence-electron chi connectivity index (χ2n) is 4.86. The number of urea groups is 1. The Morgan fingerprint density at radius 3 is 2.83 bits per heavy atom. The summed E-state index contributed by atoms with van der Waals surface area (Å²) in [5.41, 5.74) is -2.37. The van der Waals surface area contributed by atoms with Gasteiger partial charge in [0.25, 0.3) is 5.56 Å². The molecular weight excluding hydrogens is 315 g/mol. The van der Waals surface area contributed by atoms with Gasteiger partial charge in [0.05, 0.1) is 12.1 Å². The summed E-state index contributed by atoms with van der Waals surface area (Å²) in [6, 6.07) is 1.17. The Morgan fingerprint density at radius 2 is 2.22 bits per heavy atom. The van der Waals surface area contributed by atoms with Gasteiger partial charge in [-0.25, -0.2) is 4.79 Å². The summed E-state index contributed by atoms with van der Waals surface area (Å²) >= 11 is 0. The van der Waals surface area contributed by atoms with Gasteiger partial charge in [-0.15, -0.1) is 0 Å². The number of nitrogens with zero attached hydrogens (tertiary/aromatic N) is 2. The lowest BCUT2D eigenvalue weighted by Gasteiger charge is -2.15. The number of nitrogens with one attached hydrogen (secondary N) is 3. The summed E-state index contributed by atoms with van der Waals surface area (Å²) in [5, 5.41) is 8.58. The molecule has 0 radical (unpaired) electrons. The molecule has 2 heterocycles. The molecule has 124 valence electrons. The molecule has 10 heteroatoms. The maximum Gasteiger partial charge on any atom is 0.417 e. The molecule has 3 N–H and O–H groups in total. The largest absolute Gasteiger partial charge is 0.417 e. The molecule has 0 aliphatic carbocycles. The van der Waals surface area contributed by atoms with Crippen molar-refractivity contribution >= 4 is 11.7 Å². The molecular formula is C13H14F3N5O2. The topological polar surface area (TPSA) is 91.8 Å². The van der Waals surface area contributed by atoms with E-state index in [4.69, 9.17) is 0 Å². The predicted octanol–water partition coefficient (Wildman–Crippen LogP) is 1.80. The molecule has 1 unspecified atom stereocenters. The molecule has 0 fully saturated rings. The normalized spacial score (nSPS) is 12.7. The highest BCUT2D eigenvalue weighted by Gasteiger charge is 2.31. The van der Waals surface area contributed by atoms with Crippen LogP contribution in [0.5, 0.6) is 0 Å². The minimum atomic E-state index is -4.62. The predicted molar refractivity (Wildman–Crippen MR) is 75.9 cm³/mol. The SMILES string of the molecule is CC(Cn1cccn1)NC(=O)Nc1cc(C(F)(F)F)c[nH]c1=O. The van der Waals surface area contributed by atoms with E-state index in [1.807, 2.05) is 4.98 Å². The van der Waals surface area contributed by atoms with E-state index in [1.165, 1.54) is 0 Å². The van der Waals surface area contributed by atoms with Gasteiger partial charge in [0.15, 0.2) is 0 Å². The number of anilines is 1. The Morgan fingerprint density at radius 1 is 1.48 bits per heavy atom. The van der Waals surface area contributed by atoms with Crippen LogP contribution in [0, 0.1) is 0 Å². The quantitative estimate of drug-likeness (QED) is 0.799. The molecule has 0 aliphatic rings. The minimum Gasteiger partial charge on any atom is -0.334 e. The third kappa shape index (κ3) is 4.59. The van der Waals surface area contributed by atoms with Crippen molar-refractivity contribution in [1.29, 1.82) is 0 Å². The lowest BCUT2D eigenvalue weighted by molar-refractivity contribution is -0.137. The lowest BCUT2D eigenvalue weighted by atomic mass is 10.2. The van der Waals surface area contributed by atoms with Crippen molar-refractivity contribution in [2.45, 2.75) is 25.7 Å². The molecule has 2 rings (SSSR count). The van der Waals surface area contributed by atoms with Crippen LogP contribution in [0.1, 0.15) is 12.5 Å². The molecule has 2 amide bonds. The number of alkyl halides is 3. The molecule has 0 saturated carbocycles. The number of H-pyrrole nitrogens is 1. The van der Waals surface area contributed by atoms with Gasteiger partial charge >= 0.3 is 12.2 Å². The zero-order valence-corrected chi connectivity index (χ0v) is 12.0. The van der Waals surface area contributed by atoms with E-state index < -0.39 is 29.0 Å². The minimum absolute atomic E-state index is 0.347. The van der Waals surface area contributed by atoms with Crippen LogP contribution in [0.2, 0.25) is 0 Å². The van der Waals surface area contributed by atoms with E-state index in [0.717, 1.165) is 0 Å². The number of amides is 2. The molecule has 0 saturated heterocycles. The smallest absolute Gasteiger partial charge is 0.334 e. The molecule has 2 aromatic rings. The third-order valence-corrected chi connectivity index (χ3v) is 2.88. The van der Waals surface area contributed by atoms with Crippen LogP contribution in [0.15, 0.2) is 35.5 Å². The van der Waals surface area contributed by atoms with Crippen molar-refractivity contribution in [2.24, 2.45) is 0 Å². The summed E-state index contributed by atoms with van der Waals surface area (Å²) in [5.74, 6) is 0. The lowest BCUT2D eigenvalue weighted by Crippen LogP contribution is -2.39. The average molecular weight is 329 g/mol. The number of rotatable bonds is 4. The maximum atomic E-state index is 12.6. The first-order valence-electron chi connectivity index (χ1n) is 6.60. The number of carbonyl (C=O) groups excluding carboxylic acids is 1. The van der Waals surface area contributed by atoms with Crippen LogP contribution in [-0.4, -0.2) is 26.8 Å². The van der Waals surface area contributed by atoms with E-state index in [-0.39, 0.29) is 6.04 Å². The number of hydrogen-bond donors (Lipinski definition) is 3. The van der Waals surface area contributed by atoms with Crippen LogP contribution in [-0.2, 0) is 12.7 Å². The standard InChI is InChI=1S/C13H14F3N5O2/c1-8(7-21-4-2-3-18-21)19-12(23)20-10-5-9(13(14,15)16)6-17-11(10)22/h2-6,8H,7H2,1H3,(H,17,22)(H2,19,20,23). The first kappa shape index (κ1) is 16.6. The molecule has 2 aromatic heterocycles. The van der Waals surface area contributed by atoms with E-state index in [2.05, 4.69) is 15.7 Å². The summed E-state index contributed by atoms with van der Waals surface area (Å²) in [6.45, 7) is 2.07. The maximum absolute atomic E-state index is 12.6. The number of halogens is 3. The number of hydrogen-bond acceptors (Lipinski definition) is 3. The summed E-state index contributed by atoms with van der Waals surface area (Å²) in [7, 11) is 0. The Balaban J connectivity index is 2.01. The monoisotopic (exact) mass is 329 g/mol. The van der Waals surface area contributed by atoms with Crippen LogP contribution in [0.25, 0.3) is 0 Å². The fourth-order valence-corrected chi connectivity index (χ4v) is 1.86. The number of carbonyl (C=O) groups is 1. The van der Waals surface area contributed by atoms with Gasteiger partial charge in [0.1, 0.15) is 5.69 Å². The summed E-state index contributed by atoms with van der Waals surface area (Å²) in [6.07, 6.45) is -0.793. The van der Waals surface area contributed by atoms with E-state index in [0.29, 0.717) is 18.8 Å². The Labute approximate surface area is 128 Å². The molecule has 0 spiro atoms. The first-order valence-corrected chi connectivity index (χ1v) is 6.60. The van der Waals surface area contributed by atoms with E-state index >= 15 is 0 Å². The van der Waals surface area contributed by atoms with E-state index in [1.54, 1.807) is 30.1 Å². The van der Waals surface area contributed by atoms with Crippen LogP contribution in [0.3, 0.4) is 0 Å². The summed E-state index contributed by atoms with van der Waals surface area (Å²) in [4.78, 5) is 25.2. The fraction of sp³-hybridized carbons (Fsp3) is 0.308. The van der Waals surface area contributed by atoms with Gasteiger partial charge in [0.2, 0.25) is 0 Å².